The van der Waals surface area contributed by atoms with E-state index < -0.39 is 0 Å². The predicted octanol–water partition coefficient (Wildman–Crippen LogP) is 12.3. The molecule has 5 heteroatoms. The highest BCUT2D eigenvalue weighted by Gasteiger charge is 2.46. The summed E-state index contributed by atoms with van der Waals surface area (Å²) in [4.78, 5) is 5.16. The van der Waals surface area contributed by atoms with Crippen LogP contribution in [0.4, 0.5) is 33.4 Å². The highest BCUT2D eigenvalue weighted by molar-refractivity contribution is 7.37. The number of hydrogen-bond donors (Lipinski definition) is 0. The maximum absolute atomic E-state index is 2.59. The van der Waals surface area contributed by atoms with E-state index in [1.807, 2.05) is 22.7 Å². The molecule has 0 saturated carbocycles. The maximum Gasteiger partial charge on any atom is 0.255 e. The molecule has 0 bridgehead atoms. The van der Waals surface area contributed by atoms with E-state index >= 15 is 0 Å². The number of benzene rings is 6. The lowest BCUT2D eigenvalue weighted by Crippen LogP contribution is -2.61. The van der Waals surface area contributed by atoms with Gasteiger partial charge in [-0.2, -0.15) is 0 Å². The Morgan fingerprint density at radius 3 is 1.77 bits per heavy atom. The summed E-state index contributed by atoms with van der Waals surface area (Å²) in [6.45, 7) is 16.1. The van der Waals surface area contributed by atoms with E-state index in [9.17, 15) is 0 Å². The quantitative estimate of drug-likeness (QED) is 0.165. The number of aryl methyl sites for hydroxylation is 1. The zero-order valence-electron chi connectivity index (χ0n) is 30.8. The van der Waals surface area contributed by atoms with E-state index in [1.165, 1.54) is 96.8 Å². The highest BCUT2D eigenvalue weighted by atomic mass is 32.1. The van der Waals surface area contributed by atoms with Crippen molar-refractivity contribution >= 4 is 109 Å². The van der Waals surface area contributed by atoms with Crippen LogP contribution in [0, 0.1) is 6.92 Å². The van der Waals surface area contributed by atoms with Crippen molar-refractivity contribution in [2.24, 2.45) is 0 Å². The van der Waals surface area contributed by atoms with Crippen molar-refractivity contribution in [3.63, 3.8) is 0 Å². The van der Waals surface area contributed by atoms with Gasteiger partial charge in [-0.05, 0) is 98.7 Å². The van der Waals surface area contributed by atoms with Gasteiger partial charge >= 0.3 is 0 Å². The van der Waals surface area contributed by atoms with Crippen molar-refractivity contribution in [1.29, 1.82) is 0 Å². The molecule has 0 amide bonds. The molecule has 254 valence electrons. The van der Waals surface area contributed by atoms with Crippen molar-refractivity contribution in [3.8, 4) is 0 Å². The Hall–Kier alpha value is -4.84. The van der Waals surface area contributed by atoms with Gasteiger partial charge in [-0.1, -0.05) is 120 Å². The third kappa shape index (κ3) is 4.61. The van der Waals surface area contributed by atoms with E-state index in [-0.39, 0.29) is 17.5 Å². The van der Waals surface area contributed by atoms with E-state index in [1.54, 1.807) is 0 Å². The molecule has 0 N–H and O–H groups in total. The smallest absolute Gasteiger partial charge is 0.255 e. The van der Waals surface area contributed by atoms with Crippen LogP contribution >= 0.6 is 22.7 Å². The maximum atomic E-state index is 2.59. The molecule has 6 aromatic carbocycles. The van der Waals surface area contributed by atoms with E-state index in [0.29, 0.717) is 0 Å². The summed E-state index contributed by atoms with van der Waals surface area (Å²) < 4.78 is 4.18. The van der Waals surface area contributed by atoms with Crippen molar-refractivity contribution in [3.05, 3.63) is 138 Å². The Morgan fingerprint density at radius 1 is 0.538 bits per heavy atom. The summed E-state index contributed by atoms with van der Waals surface area (Å²) in [7, 11) is 0. The van der Waals surface area contributed by atoms with Gasteiger partial charge in [0.2, 0.25) is 0 Å². The predicted molar refractivity (Wildman–Crippen MR) is 231 cm³/mol. The summed E-state index contributed by atoms with van der Waals surface area (Å²) in [6, 6.07) is 46.3. The topological polar surface area (TPSA) is 6.48 Å². The van der Waals surface area contributed by atoms with E-state index in [4.69, 9.17) is 0 Å². The number of hydrogen-bond acceptors (Lipinski definition) is 4. The normalized spacial score (nSPS) is 13.9. The first-order chi connectivity index (χ1) is 25.0. The zero-order chi connectivity index (χ0) is 35.7. The van der Waals surface area contributed by atoms with Gasteiger partial charge in [-0.25, -0.2) is 0 Å². The molecular formula is C47H41BN2S2. The SMILES string of the molecule is Cc1cc2c3c(c1)N(c1ccc(C(C)(C)C)cc1)c1c(ccc4ccccc14)B3c1c(sc3c1sc1ccccc13)N2c1ccc(C(C)(C)C)cc1. The largest absolute Gasteiger partial charge is 0.311 e. The molecule has 10 rings (SSSR count). The first-order valence-electron chi connectivity index (χ1n) is 18.4. The fraction of sp³-hybridized carbons (Fsp3) is 0.191. The van der Waals surface area contributed by atoms with Crippen LogP contribution in [0.2, 0.25) is 0 Å². The van der Waals surface area contributed by atoms with Crippen LogP contribution in [0.3, 0.4) is 0 Å². The van der Waals surface area contributed by atoms with Crippen LogP contribution in [0.25, 0.3) is 30.3 Å². The van der Waals surface area contributed by atoms with Crippen LogP contribution in [0.1, 0.15) is 58.2 Å². The van der Waals surface area contributed by atoms with Gasteiger partial charge in [0.1, 0.15) is 0 Å². The van der Waals surface area contributed by atoms with E-state index in [2.05, 4.69) is 180 Å². The fourth-order valence-corrected chi connectivity index (χ4v) is 11.4. The molecule has 2 aliphatic rings. The summed E-state index contributed by atoms with van der Waals surface area (Å²) in [5.41, 5.74) is 14.6. The lowest BCUT2D eigenvalue weighted by molar-refractivity contribution is 0.590. The molecule has 0 aliphatic carbocycles. The molecule has 0 atom stereocenters. The first-order valence-corrected chi connectivity index (χ1v) is 20.0. The van der Waals surface area contributed by atoms with Crippen LogP contribution in [0.15, 0.2) is 121 Å². The lowest BCUT2D eigenvalue weighted by atomic mass is 9.34. The highest BCUT2D eigenvalue weighted by Crippen LogP contribution is 2.51. The van der Waals surface area contributed by atoms with Gasteiger partial charge in [0.15, 0.2) is 0 Å². The summed E-state index contributed by atoms with van der Waals surface area (Å²) in [6.07, 6.45) is 0. The van der Waals surface area contributed by atoms with Gasteiger partial charge in [0.25, 0.3) is 6.71 Å². The molecular weight excluding hydrogens is 667 g/mol. The molecule has 0 radical (unpaired) electrons. The molecule has 0 spiro atoms. The van der Waals surface area contributed by atoms with Crippen LogP contribution in [0.5, 0.6) is 0 Å². The number of nitrogens with zero attached hydrogens (tertiary/aromatic N) is 2. The molecule has 52 heavy (non-hydrogen) atoms. The van der Waals surface area contributed by atoms with Gasteiger partial charge in [0.05, 0.1) is 9.70 Å². The zero-order valence-corrected chi connectivity index (χ0v) is 32.5. The third-order valence-corrected chi connectivity index (χ3v) is 13.8. The molecule has 0 fully saturated rings. The average Bonchev–Trinajstić information content (AvgIpc) is 3.67. The number of thiophene rings is 2. The number of anilines is 6. The van der Waals surface area contributed by atoms with Crippen molar-refractivity contribution in [2.75, 3.05) is 9.80 Å². The van der Waals surface area contributed by atoms with Gasteiger partial charge < -0.3 is 9.80 Å². The van der Waals surface area contributed by atoms with E-state index in [0.717, 1.165) is 0 Å². The van der Waals surface area contributed by atoms with Crippen LogP contribution in [-0.2, 0) is 10.8 Å². The molecule has 2 nitrogen and oxygen atoms in total. The second kappa shape index (κ2) is 11.1. The second-order valence-corrected chi connectivity index (χ2v) is 18.8. The Bertz CT molecular complexity index is 2720. The molecule has 0 saturated heterocycles. The number of fused-ring (bicyclic) bond motifs is 10. The van der Waals surface area contributed by atoms with Gasteiger partial charge in [0, 0.05) is 48.6 Å². The van der Waals surface area contributed by atoms with Crippen LogP contribution in [-0.4, -0.2) is 6.71 Å². The molecule has 0 unspecified atom stereocenters. The Morgan fingerprint density at radius 2 is 1.12 bits per heavy atom. The van der Waals surface area contributed by atoms with Crippen molar-refractivity contribution in [1.82, 2.24) is 0 Å². The summed E-state index contributed by atoms with van der Waals surface area (Å²) in [5, 5.41) is 5.26. The summed E-state index contributed by atoms with van der Waals surface area (Å²) >= 11 is 3.93. The molecule has 8 aromatic rings. The minimum atomic E-state index is 0.0760. The lowest BCUT2D eigenvalue weighted by Gasteiger charge is -2.43. The third-order valence-electron chi connectivity index (χ3n) is 11.2. The minimum absolute atomic E-state index is 0.0760. The summed E-state index contributed by atoms with van der Waals surface area (Å²) in [5.74, 6) is 0. The van der Waals surface area contributed by atoms with Gasteiger partial charge in [-0.3, -0.25) is 0 Å². The monoisotopic (exact) mass is 708 g/mol. The van der Waals surface area contributed by atoms with Gasteiger partial charge in [-0.15, -0.1) is 22.7 Å². The second-order valence-electron chi connectivity index (χ2n) is 16.7. The standard InChI is InChI=1S/C47H41BN2S2/c1-28-26-37-40-38(27-28)50(33-23-19-31(20-24-33)47(5,6)7)45-41(44-43(52-45)35-14-10-11-15-39(35)51-44)48(40)36-25-16-29-12-8-9-13-34(29)42(36)49(37)32-21-17-30(18-22-32)46(2,3)4/h8-27H,1-7H3. The Balaban J connectivity index is 1.32. The van der Waals surface area contributed by atoms with Crippen LogP contribution < -0.4 is 26.2 Å². The average molecular weight is 709 g/mol. The van der Waals surface area contributed by atoms with Crippen molar-refractivity contribution < 1.29 is 0 Å². The molecule has 2 aliphatic heterocycles. The Labute approximate surface area is 315 Å². The van der Waals surface area contributed by atoms with Crippen molar-refractivity contribution in [2.45, 2.75) is 59.3 Å². The first kappa shape index (κ1) is 31.9. The minimum Gasteiger partial charge on any atom is -0.311 e. The number of rotatable bonds is 2. The Kier molecular flexibility index (Phi) is 6.79. The molecule has 2 aromatic heterocycles. The molecule has 4 heterocycles. The fourth-order valence-electron chi connectivity index (χ4n) is 8.58.